The molecule has 0 fully saturated rings. The number of likely N-dealkylation sites (N-methyl/N-ethyl adjacent to an activating group) is 1. The first-order chi connectivity index (χ1) is 14.8. The van der Waals surface area contributed by atoms with Crippen LogP contribution in [0.25, 0.3) is 11.3 Å². The Morgan fingerprint density at radius 2 is 1.77 bits per heavy atom. The van der Waals surface area contributed by atoms with Crippen LogP contribution in [0.1, 0.15) is 25.5 Å². The van der Waals surface area contributed by atoms with E-state index in [2.05, 4.69) is 15.6 Å². The summed E-state index contributed by atoms with van der Waals surface area (Å²) < 4.78 is 13.2. The van der Waals surface area contributed by atoms with Crippen LogP contribution >= 0.6 is 11.3 Å². The predicted molar refractivity (Wildman–Crippen MR) is 121 cm³/mol. The van der Waals surface area contributed by atoms with E-state index < -0.39 is 6.04 Å². The number of rotatable bonds is 8. The summed E-state index contributed by atoms with van der Waals surface area (Å²) in [6.07, 6.45) is 0. The third kappa shape index (κ3) is 6.19. The van der Waals surface area contributed by atoms with Gasteiger partial charge in [-0.2, -0.15) is 0 Å². The largest absolute Gasteiger partial charge is 0.353 e. The normalized spacial score (nSPS) is 12.1. The van der Waals surface area contributed by atoms with E-state index in [1.54, 1.807) is 29.5 Å². The summed E-state index contributed by atoms with van der Waals surface area (Å²) in [5.41, 5.74) is 2.19. The van der Waals surface area contributed by atoms with Gasteiger partial charge in [0.2, 0.25) is 11.8 Å². The highest BCUT2D eigenvalue weighted by Gasteiger charge is 2.27. The summed E-state index contributed by atoms with van der Waals surface area (Å²) in [5, 5.41) is 7.94. The molecule has 0 radical (unpaired) electrons. The quantitative estimate of drug-likeness (QED) is 0.553. The molecule has 2 aromatic carbocycles. The molecule has 1 heterocycles. The number of nitrogens with zero attached hydrogens (tertiary/aromatic N) is 2. The molecule has 0 saturated heterocycles. The van der Waals surface area contributed by atoms with Crippen LogP contribution in [0.5, 0.6) is 0 Å². The van der Waals surface area contributed by atoms with Crippen molar-refractivity contribution in [3.05, 3.63) is 71.4 Å². The number of halogens is 1. The van der Waals surface area contributed by atoms with E-state index in [4.69, 9.17) is 0 Å². The van der Waals surface area contributed by atoms with Crippen molar-refractivity contribution in [2.45, 2.75) is 25.9 Å². The van der Waals surface area contributed by atoms with Crippen LogP contribution in [0.15, 0.2) is 60.0 Å². The molecule has 0 unspecified atom stereocenters. The van der Waals surface area contributed by atoms with Gasteiger partial charge in [0.05, 0.1) is 12.2 Å². The Morgan fingerprint density at radius 3 is 2.42 bits per heavy atom. The summed E-state index contributed by atoms with van der Waals surface area (Å²) in [4.78, 5) is 31.6. The van der Waals surface area contributed by atoms with Crippen LogP contribution in [0, 0.1) is 5.82 Å². The molecule has 8 heteroatoms. The van der Waals surface area contributed by atoms with Crippen LogP contribution in [0.3, 0.4) is 0 Å². The molecule has 6 nitrogen and oxygen atoms in total. The molecule has 0 aliphatic carbocycles. The minimum atomic E-state index is -0.669. The van der Waals surface area contributed by atoms with E-state index >= 15 is 0 Å². The van der Waals surface area contributed by atoms with Gasteiger partial charge in [-0.15, -0.1) is 11.3 Å². The zero-order valence-corrected chi connectivity index (χ0v) is 18.4. The number of aromatic nitrogens is 1. The summed E-state index contributed by atoms with van der Waals surface area (Å²) in [6, 6.07) is 14.7. The first-order valence-electron chi connectivity index (χ1n) is 9.90. The molecular weight excluding hydrogens is 415 g/mol. The number of anilines is 1. The highest BCUT2D eigenvalue weighted by Crippen LogP contribution is 2.27. The summed E-state index contributed by atoms with van der Waals surface area (Å²) in [5.74, 6) is -0.757. The van der Waals surface area contributed by atoms with E-state index in [1.807, 2.05) is 44.2 Å². The Kier molecular flexibility index (Phi) is 7.49. The van der Waals surface area contributed by atoms with Gasteiger partial charge in [-0.05, 0) is 50.7 Å². The Bertz CT molecular complexity index is 1020. The van der Waals surface area contributed by atoms with Gasteiger partial charge in [0.25, 0.3) is 0 Å². The van der Waals surface area contributed by atoms with E-state index in [9.17, 15) is 14.0 Å². The van der Waals surface area contributed by atoms with Gasteiger partial charge in [0.1, 0.15) is 11.9 Å². The van der Waals surface area contributed by atoms with Gasteiger partial charge in [0, 0.05) is 17.0 Å². The van der Waals surface area contributed by atoms with E-state index in [0.29, 0.717) is 10.8 Å². The number of benzene rings is 2. The Balaban J connectivity index is 1.77. The number of hydrogen-bond donors (Lipinski definition) is 2. The van der Waals surface area contributed by atoms with Crippen molar-refractivity contribution in [1.29, 1.82) is 0 Å². The molecule has 0 spiro atoms. The molecule has 1 aromatic heterocycles. The van der Waals surface area contributed by atoms with Crippen LogP contribution in [-0.2, 0) is 9.59 Å². The monoisotopic (exact) mass is 440 g/mol. The minimum absolute atomic E-state index is 0.0186. The van der Waals surface area contributed by atoms with Gasteiger partial charge in [-0.3, -0.25) is 14.5 Å². The lowest BCUT2D eigenvalue weighted by molar-refractivity contribution is -0.125. The van der Waals surface area contributed by atoms with Gasteiger partial charge in [-0.1, -0.05) is 30.3 Å². The second-order valence-electron chi connectivity index (χ2n) is 7.48. The lowest BCUT2D eigenvalue weighted by Crippen LogP contribution is -2.43. The first-order valence-corrected chi connectivity index (χ1v) is 10.8. The van der Waals surface area contributed by atoms with Crippen LogP contribution in [0.4, 0.5) is 9.52 Å². The second kappa shape index (κ2) is 10.3. The van der Waals surface area contributed by atoms with Gasteiger partial charge in [-0.25, -0.2) is 9.37 Å². The van der Waals surface area contributed by atoms with E-state index in [-0.39, 0.29) is 30.2 Å². The zero-order chi connectivity index (χ0) is 22.4. The van der Waals surface area contributed by atoms with Crippen LogP contribution in [0.2, 0.25) is 0 Å². The fourth-order valence-electron chi connectivity index (χ4n) is 3.18. The second-order valence-corrected chi connectivity index (χ2v) is 8.34. The molecule has 3 rings (SSSR count). The summed E-state index contributed by atoms with van der Waals surface area (Å²) in [6.45, 7) is 3.85. The molecular formula is C23H25FN4O2S. The summed E-state index contributed by atoms with van der Waals surface area (Å²) in [7, 11) is 1.74. The predicted octanol–water partition coefficient (Wildman–Crippen LogP) is 4.09. The van der Waals surface area contributed by atoms with Crippen molar-refractivity contribution in [2.24, 2.45) is 0 Å². The van der Waals surface area contributed by atoms with Crippen molar-refractivity contribution < 1.29 is 14.0 Å². The molecule has 0 aliphatic heterocycles. The molecule has 1 atom stereocenters. The highest BCUT2D eigenvalue weighted by molar-refractivity contribution is 7.14. The molecule has 0 aliphatic rings. The number of nitrogens with one attached hydrogen (secondary N) is 2. The van der Waals surface area contributed by atoms with Gasteiger partial charge in [0.15, 0.2) is 5.13 Å². The van der Waals surface area contributed by atoms with Crippen molar-refractivity contribution in [1.82, 2.24) is 15.2 Å². The van der Waals surface area contributed by atoms with Gasteiger partial charge < -0.3 is 10.6 Å². The molecule has 2 amide bonds. The van der Waals surface area contributed by atoms with Crippen molar-refractivity contribution in [3.63, 3.8) is 0 Å². The summed E-state index contributed by atoms with van der Waals surface area (Å²) >= 11 is 1.29. The van der Waals surface area contributed by atoms with Crippen molar-refractivity contribution in [3.8, 4) is 11.3 Å². The number of carbonyl (C=O) groups is 2. The average Bonchev–Trinajstić information content (AvgIpc) is 3.17. The molecule has 0 saturated carbocycles. The maximum absolute atomic E-state index is 13.2. The maximum atomic E-state index is 13.2. The van der Waals surface area contributed by atoms with E-state index in [0.717, 1.165) is 11.1 Å². The van der Waals surface area contributed by atoms with Gasteiger partial charge >= 0.3 is 0 Å². The Morgan fingerprint density at radius 1 is 1.10 bits per heavy atom. The Labute approximate surface area is 185 Å². The number of hydrogen-bond acceptors (Lipinski definition) is 5. The average molecular weight is 441 g/mol. The van der Waals surface area contributed by atoms with Crippen LogP contribution < -0.4 is 10.6 Å². The third-order valence-electron chi connectivity index (χ3n) is 4.52. The number of carbonyl (C=O) groups excluding carboxylic acids is 2. The first kappa shape index (κ1) is 22.6. The van der Waals surface area contributed by atoms with Crippen LogP contribution in [-0.4, -0.2) is 41.3 Å². The number of amides is 2. The van der Waals surface area contributed by atoms with E-state index in [1.165, 1.54) is 23.5 Å². The fourth-order valence-corrected chi connectivity index (χ4v) is 3.91. The lowest BCUT2D eigenvalue weighted by Gasteiger charge is -2.27. The number of thiazole rings is 1. The molecule has 3 aromatic rings. The Hall–Kier alpha value is -3.10. The van der Waals surface area contributed by atoms with Crippen molar-refractivity contribution in [2.75, 3.05) is 18.9 Å². The zero-order valence-electron chi connectivity index (χ0n) is 17.6. The highest BCUT2D eigenvalue weighted by atomic mass is 32.1. The van der Waals surface area contributed by atoms with Crippen molar-refractivity contribution >= 4 is 28.3 Å². The SMILES string of the molecule is CC(C)NC(=O)CN(C)[C@@H](C(=O)Nc1nc(-c2ccc(F)cc2)cs1)c1ccccc1. The molecule has 2 N–H and O–H groups in total. The smallest absolute Gasteiger partial charge is 0.248 e. The minimum Gasteiger partial charge on any atom is -0.353 e. The lowest BCUT2D eigenvalue weighted by atomic mass is 10.0. The fraction of sp³-hybridized carbons (Fsp3) is 0.261. The standard InChI is InChI=1S/C23H25FN4O2S/c1-15(2)25-20(29)13-28(3)21(17-7-5-4-6-8-17)22(30)27-23-26-19(14-31-23)16-9-11-18(24)12-10-16/h4-12,14-15,21H,13H2,1-3H3,(H,25,29)(H,26,27,30)/t21-/m1/s1. The molecule has 31 heavy (non-hydrogen) atoms. The molecule has 162 valence electrons. The third-order valence-corrected chi connectivity index (χ3v) is 5.28. The molecule has 0 bridgehead atoms. The topological polar surface area (TPSA) is 74.3 Å². The maximum Gasteiger partial charge on any atom is 0.248 e.